The number of rotatable bonds is 7. The maximum absolute atomic E-state index is 10.3. The maximum atomic E-state index is 10.3. The summed E-state index contributed by atoms with van der Waals surface area (Å²) in [5.41, 5.74) is 1.03. The van der Waals surface area contributed by atoms with Crippen LogP contribution in [0.3, 0.4) is 0 Å². The quantitative estimate of drug-likeness (QED) is 0.810. The fourth-order valence-electron chi connectivity index (χ4n) is 3.20. The third kappa shape index (κ3) is 5.10. The molecule has 1 aromatic carbocycles. The minimum absolute atomic E-state index is 0.363. The fraction of sp³-hybridized carbons (Fsp3) is 0.667. The van der Waals surface area contributed by atoms with Gasteiger partial charge in [0.25, 0.3) is 0 Å². The summed E-state index contributed by atoms with van der Waals surface area (Å²) in [5.74, 6) is 0.779. The molecule has 2 atom stereocenters. The fourth-order valence-corrected chi connectivity index (χ4v) is 3.20. The second kappa shape index (κ2) is 8.52. The average Bonchev–Trinajstić information content (AvgIpc) is 2.54. The highest BCUT2D eigenvalue weighted by Crippen LogP contribution is 2.23. The Bertz CT molecular complexity index is 387. The van der Waals surface area contributed by atoms with Crippen LogP contribution in [0.15, 0.2) is 30.3 Å². The second-order valence-electron chi connectivity index (χ2n) is 6.31. The van der Waals surface area contributed by atoms with Crippen molar-refractivity contribution in [2.24, 2.45) is 5.92 Å². The van der Waals surface area contributed by atoms with Crippen LogP contribution >= 0.6 is 0 Å². The van der Waals surface area contributed by atoms with Crippen LogP contribution in [0.4, 0.5) is 0 Å². The Balaban J connectivity index is 1.74. The molecule has 0 aliphatic carbocycles. The molecule has 0 radical (unpaired) electrons. The normalized spacial score (nSPS) is 20.3. The number of piperidine rings is 1. The van der Waals surface area contributed by atoms with Crippen molar-refractivity contribution in [2.75, 3.05) is 26.2 Å². The Labute approximate surface area is 129 Å². The minimum Gasteiger partial charge on any atom is -0.387 e. The molecule has 0 bridgehead atoms. The summed E-state index contributed by atoms with van der Waals surface area (Å²) in [4.78, 5) is 2.40. The number of β-amino-alcohol motifs (C(OH)–C–C–N with tert-alkyl or cyclic N) is 1. The van der Waals surface area contributed by atoms with Crippen molar-refractivity contribution in [1.29, 1.82) is 0 Å². The number of nitrogens with zero attached hydrogens (tertiary/aromatic N) is 1. The first kappa shape index (κ1) is 16.5. The lowest BCUT2D eigenvalue weighted by atomic mass is 9.90. The van der Waals surface area contributed by atoms with E-state index in [1.165, 1.54) is 19.3 Å². The third-order valence-electron chi connectivity index (χ3n) is 4.67. The summed E-state index contributed by atoms with van der Waals surface area (Å²) in [6, 6.07) is 10.6. The van der Waals surface area contributed by atoms with E-state index in [1.54, 1.807) is 0 Å². The van der Waals surface area contributed by atoms with Crippen LogP contribution in [-0.4, -0.2) is 42.2 Å². The smallest absolute Gasteiger partial charge is 0.0916 e. The van der Waals surface area contributed by atoms with Gasteiger partial charge in [0.2, 0.25) is 0 Å². The zero-order valence-electron chi connectivity index (χ0n) is 13.5. The Morgan fingerprint density at radius 3 is 2.52 bits per heavy atom. The van der Waals surface area contributed by atoms with Gasteiger partial charge in [0, 0.05) is 12.6 Å². The molecular formula is C18H30N2O. The molecule has 3 nitrogen and oxygen atoms in total. The van der Waals surface area contributed by atoms with Gasteiger partial charge < -0.3 is 15.3 Å². The van der Waals surface area contributed by atoms with Crippen LogP contribution < -0.4 is 5.32 Å². The largest absolute Gasteiger partial charge is 0.387 e. The number of nitrogens with one attached hydrogen (secondary N) is 1. The van der Waals surface area contributed by atoms with Gasteiger partial charge in [0.05, 0.1) is 6.10 Å². The van der Waals surface area contributed by atoms with Gasteiger partial charge in [-0.15, -0.1) is 0 Å². The van der Waals surface area contributed by atoms with Crippen molar-refractivity contribution in [3.05, 3.63) is 35.9 Å². The molecule has 0 saturated carbocycles. The van der Waals surface area contributed by atoms with E-state index in [4.69, 9.17) is 0 Å². The van der Waals surface area contributed by atoms with Crippen molar-refractivity contribution < 1.29 is 5.11 Å². The van der Waals surface area contributed by atoms with E-state index in [-0.39, 0.29) is 6.10 Å². The zero-order valence-corrected chi connectivity index (χ0v) is 13.5. The van der Waals surface area contributed by atoms with Crippen LogP contribution in [0, 0.1) is 5.92 Å². The predicted molar refractivity (Wildman–Crippen MR) is 88.3 cm³/mol. The highest BCUT2D eigenvalue weighted by molar-refractivity contribution is 5.17. The maximum Gasteiger partial charge on any atom is 0.0916 e. The van der Waals surface area contributed by atoms with Crippen molar-refractivity contribution >= 4 is 0 Å². The molecular weight excluding hydrogens is 260 g/mol. The summed E-state index contributed by atoms with van der Waals surface area (Å²) in [5, 5.41) is 13.9. The Morgan fingerprint density at radius 2 is 1.90 bits per heavy atom. The van der Waals surface area contributed by atoms with Crippen LogP contribution in [0.5, 0.6) is 0 Å². The topological polar surface area (TPSA) is 35.5 Å². The van der Waals surface area contributed by atoms with Crippen molar-refractivity contribution in [1.82, 2.24) is 10.2 Å². The van der Waals surface area contributed by atoms with Crippen molar-refractivity contribution in [2.45, 2.75) is 45.3 Å². The van der Waals surface area contributed by atoms with E-state index in [9.17, 15) is 5.11 Å². The third-order valence-corrected chi connectivity index (χ3v) is 4.67. The Morgan fingerprint density at radius 1 is 1.24 bits per heavy atom. The molecule has 1 saturated heterocycles. The standard InChI is InChI=1S/C18H30N2O/c1-3-11-19-15(2)16-9-12-20(13-10-16)14-18(21)17-7-5-4-6-8-17/h4-8,15-16,18-19,21H,3,9-14H2,1-2H3. The monoisotopic (exact) mass is 290 g/mol. The molecule has 0 spiro atoms. The van der Waals surface area contributed by atoms with E-state index in [0.29, 0.717) is 6.04 Å². The number of aliphatic hydroxyl groups excluding tert-OH is 1. The van der Waals surface area contributed by atoms with Crippen LogP contribution in [-0.2, 0) is 0 Å². The number of hydrogen-bond donors (Lipinski definition) is 2. The van der Waals surface area contributed by atoms with Crippen LogP contribution in [0.1, 0.15) is 44.8 Å². The summed E-state index contributed by atoms with van der Waals surface area (Å²) in [6.07, 6.45) is 3.31. The van der Waals surface area contributed by atoms with E-state index in [0.717, 1.165) is 37.7 Å². The van der Waals surface area contributed by atoms with Crippen molar-refractivity contribution in [3.63, 3.8) is 0 Å². The molecule has 1 fully saturated rings. The molecule has 2 unspecified atom stereocenters. The number of aliphatic hydroxyl groups is 1. The highest BCUT2D eigenvalue weighted by atomic mass is 16.3. The first-order valence-corrected chi connectivity index (χ1v) is 8.39. The SMILES string of the molecule is CCCNC(C)C1CCN(CC(O)c2ccccc2)CC1. The minimum atomic E-state index is -0.363. The van der Waals surface area contributed by atoms with Gasteiger partial charge in [-0.3, -0.25) is 0 Å². The van der Waals surface area contributed by atoms with Gasteiger partial charge in [-0.1, -0.05) is 37.3 Å². The van der Waals surface area contributed by atoms with Crippen LogP contribution in [0.25, 0.3) is 0 Å². The molecule has 2 N–H and O–H groups in total. The molecule has 1 heterocycles. The van der Waals surface area contributed by atoms with Crippen LogP contribution in [0.2, 0.25) is 0 Å². The summed E-state index contributed by atoms with van der Waals surface area (Å²) >= 11 is 0. The summed E-state index contributed by atoms with van der Waals surface area (Å²) in [6.45, 7) is 8.61. The second-order valence-corrected chi connectivity index (χ2v) is 6.31. The van der Waals surface area contributed by atoms with Gasteiger partial charge in [-0.25, -0.2) is 0 Å². The number of hydrogen-bond acceptors (Lipinski definition) is 3. The lowest BCUT2D eigenvalue weighted by Crippen LogP contribution is -2.43. The van der Waals surface area contributed by atoms with E-state index >= 15 is 0 Å². The molecule has 0 aromatic heterocycles. The number of likely N-dealkylation sites (tertiary alicyclic amines) is 1. The first-order valence-electron chi connectivity index (χ1n) is 8.39. The molecule has 0 amide bonds. The Hall–Kier alpha value is -0.900. The van der Waals surface area contributed by atoms with E-state index in [1.807, 2.05) is 30.3 Å². The Kier molecular flexibility index (Phi) is 6.68. The van der Waals surface area contributed by atoms with Crippen molar-refractivity contribution in [3.8, 4) is 0 Å². The molecule has 118 valence electrons. The molecule has 1 aliphatic heterocycles. The van der Waals surface area contributed by atoms with Gasteiger partial charge in [-0.05, 0) is 57.3 Å². The molecule has 1 aromatic rings. The molecule has 21 heavy (non-hydrogen) atoms. The zero-order chi connectivity index (χ0) is 15.1. The van der Waals surface area contributed by atoms with Gasteiger partial charge >= 0.3 is 0 Å². The van der Waals surface area contributed by atoms with E-state index in [2.05, 4.69) is 24.1 Å². The first-order chi connectivity index (χ1) is 10.2. The van der Waals surface area contributed by atoms with Gasteiger partial charge in [-0.2, -0.15) is 0 Å². The lowest BCUT2D eigenvalue weighted by molar-refractivity contribution is 0.0838. The number of benzene rings is 1. The molecule has 1 aliphatic rings. The molecule has 2 rings (SSSR count). The summed E-state index contributed by atoms with van der Waals surface area (Å²) < 4.78 is 0. The predicted octanol–water partition coefficient (Wildman–Crippen LogP) is 2.82. The average molecular weight is 290 g/mol. The lowest BCUT2D eigenvalue weighted by Gasteiger charge is -2.36. The van der Waals surface area contributed by atoms with E-state index < -0.39 is 0 Å². The molecule has 3 heteroatoms. The summed E-state index contributed by atoms with van der Waals surface area (Å²) in [7, 11) is 0. The highest BCUT2D eigenvalue weighted by Gasteiger charge is 2.24. The van der Waals surface area contributed by atoms with Gasteiger partial charge in [0.1, 0.15) is 0 Å². The van der Waals surface area contributed by atoms with Gasteiger partial charge in [0.15, 0.2) is 0 Å².